The van der Waals surface area contributed by atoms with E-state index in [1.807, 2.05) is 13.0 Å². The molecule has 5 nitrogen and oxygen atoms in total. The molecule has 1 aliphatic rings. The zero-order valence-corrected chi connectivity index (χ0v) is 18.0. The summed E-state index contributed by atoms with van der Waals surface area (Å²) < 4.78 is 38.6. The number of anilines is 1. The number of hydrogen-bond acceptors (Lipinski definition) is 4. The number of halogens is 3. The van der Waals surface area contributed by atoms with Gasteiger partial charge < -0.3 is 10.6 Å². The number of amides is 1. The summed E-state index contributed by atoms with van der Waals surface area (Å²) in [5, 5.41) is 0.811. The summed E-state index contributed by atoms with van der Waals surface area (Å²) in [5.41, 5.74) is 7.52. The lowest BCUT2D eigenvalue weighted by Gasteiger charge is -2.26. The standard InChI is InChI=1S/C24H25F3N4O/c1-14-9-18-10-17(5-8-21(18)30-22(14)28)23(32)31(12-15(2)16-3-4-16)13-20-7-6-19(11-29-20)24(25,26)27/h5-11,15-16H,3-4,12-13H2,1-2H3,(H2,28,30). The number of aryl methyl sites for hydroxylation is 1. The fourth-order valence-electron chi connectivity index (χ4n) is 3.88. The second-order valence-electron chi connectivity index (χ2n) is 8.63. The lowest BCUT2D eigenvalue weighted by Crippen LogP contribution is -2.35. The number of hydrogen-bond donors (Lipinski definition) is 1. The van der Waals surface area contributed by atoms with Crippen molar-refractivity contribution in [1.82, 2.24) is 14.9 Å². The number of nitrogens with two attached hydrogens (primary N) is 1. The van der Waals surface area contributed by atoms with Gasteiger partial charge in [0.25, 0.3) is 5.91 Å². The van der Waals surface area contributed by atoms with Gasteiger partial charge in [0.1, 0.15) is 5.82 Å². The maximum Gasteiger partial charge on any atom is 0.417 e. The molecule has 1 fully saturated rings. The molecule has 0 spiro atoms. The molecule has 1 unspecified atom stereocenters. The van der Waals surface area contributed by atoms with E-state index in [4.69, 9.17) is 5.73 Å². The van der Waals surface area contributed by atoms with Crippen LogP contribution in [0.4, 0.5) is 19.0 Å². The van der Waals surface area contributed by atoms with Crippen LogP contribution in [-0.4, -0.2) is 27.3 Å². The minimum atomic E-state index is -4.44. The molecule has 1 aliphatic carbocycles. The first-order valence-electron chi connectivity index (χ1n) is 10.6. The van der Waals surface area contributed by atoms with Gasteiger partial charge in [0.15, 0.2) is 0 Å². The van der Waals surface area contributed by atoms with Gasteiger partial charge in [-0.25, -0.2) is 4.98 Å². The molecule has 2 N–H and O–H groups in total. The van der Waals surface area contributed by atoms with Crippen LogP contribution >= 0.6 is 0 Å². The molecule has 2 heterocycles. The number of nitrogen functional groups attached to an aromatic ring is 1. The maximum absolute atomic E-state index is 13.4. The van der Waals surface area contributed by atoms with Crippen LogP contribution in [0.25, 0.3) is 10.9 Å². The quantitative estimate of drug-likeness (QED) is 0.568. The Balaban J connectivity index is 1.61. The van der Waals surface area contributed by atoms with Gasteiger partial charge in [-0.2, -0.15) is 13.2 Å². The Morgan fingerprint density at radius 1 is 1.22 bits per heavy atom. The van der Waals surface area contributed by atoms with Crippen molar-refractivity contribution in [3.63, 3.8) is 0 Å². The average molecular weight is 442 g/mol. The summed E-state index contributed by atoms with van der Waals surface area (Å²) in [7, 11) is 0. The van der Waals surface area contributed by atoms with Crippen LogP contribution in [0.3, 0.4) is 0 Å². The highest BCUT2D eigenvalue weighted by Gasteiger charge is 2.32. The predicted molar refractivity (Wildman–Crippen MR) is 117 cm³/mol. The first kappa shape index (κ1) is 22.0. The van der Waals surface area contributed by atoms with Crippen molar-refractivity contribution < 1.29 is 18.0 Å². The summed E-state index contributed by atoms with van der Waals surface area (Å²) in [6.45, 7) is 4.62. The summed E-state index contributed by atoms with van der Waals surface area (Å²) in [4.78, 5) is 23.4. The van der Waals surface area contributed by atoms with Gasteiger partial charge in [0.05, 0.1) is 23.3 Å². The van der Waals surface area contributed by atoms with Crippen molar-refractivity contribution in [2.24, 2.45) is 11.8 Å². The van der Waals surface area contributed by atoms with E-state index in [0.717, 1.165) is 36.1 Å². The molecule has 1 saturated carbocycles. The van der Waals surface area contributed by atoms with E-state index >= 15 is 0 Å². The molecule has 0 saturated heterocycles. The Morgan fingerprint density at radius 2 is 1.97 bits per heavy atom. The molecule has 0 aliphatic heterocycles. The monoisotopic (exact) mass is 442 g/mol. The predicted octanol–water partition coefficient (Wildman–Crippen LogP) is 5.23. The topological polar surface area (TPSA) is 72.1 Å². The lowest BCUT2D eigenvalue weighted by atomic mass is 10.0. The molecule has 4 rings (SSSR count). The minimum Gasteiger partial charge on any atom is -0.383 e. The van der Waals surface area contributed by atoms with Crippen LogP contribution in [0.5, 0.6) is 0 Å². The molecule has 1 aromatic carbocycles. The van der Waals surface area contributed by atoms with Gasteiger partial charge in [-0.1, -0.05) is 6.92 Å². The molecular formula is C24H25F3N4O. The lowest BCUT2D eigenvalue weighted by molar-refractivity contribution is -0.137. The highest BCUT2D eigenvalue weighted by atomic mass is 19.4. The molecule has 2 aromatic heterocycles. The Kier molecular flexibility index (Phi) is 5.79. The van der Waals surface area contributed by atoms with Crippen LogP contribution in [0.15, 0.2) is 42.6 Å². The fraction of sp³-hybridized carbons (Fsp3) is 0.375. The number of pyridine rings is 2. The van der Waals surface area contributed by atoms with Crippen LogP contribution in [0.1, 0.15) is 46.9 Å². The molecule has 8 heteroatoms. The second-order valence-corrected chi connectivity index (χ2v) is 8.63. The largest absolute Gasteiger partial charge is 0.417 e. The van der Waals surface area contributed by atoms with Gasteiger partial charge >= 0.3 is 6.18 Å². The van der Waals surface area contributed by atoms with E-state index in [1.165, 1.54) is 6.07 Å². The van der Waals surface area contributed by atoms with Crippen molar-refractivity contribution in [2.45, 2.75) is 39.4 Å². The van der Waals surface area contributed by atoms with E-state index in [0.29, 0.717) is 41.0 Å². The Hall–Kier alpha value is -3.16. The smallest absolute Gasteiger partial charge is 0.383 e. The number of carbonyl (C=O) groups excluding carboxylic acids is 1. The van der Waals surface area contributed by atoms with E-state index in [9.17, 15) is 18.0 Å². The highest BCUT2D eigenvalue weighted by Crippen LogP contribution is 2.37. The average Bonchev–Trinajstić information content (AvgIpc) is 3.58. The fourth-order valence-corrected chi connectivity index (χ4v) is 3.88. The van der Waals surface area contributed by atoms with Crippen molar-refractivity contribution in [3.8, 4) is 0 Å². The Bertz CT molecular complexity index is 1140. The number of carbonyl (C=O) groups is 1. The number of benzene rings is 1. The number of rotatable bonds is 6. The summed E-state index contributed by atoms with van der Waals surface area (Å²) in [6, 6.07) is 9.49. The van der Waals surface area contributed by atoms with Gasteiger partial charge in [-0.3, -0.25) is 9.78 Å². The van der Waals surface area contributed by atoms with Crippen molar-refractivity contribution in [3.05, 3.63) is 65.0 Å². The number of nitrogens with zero attached hydrogens (tertiary/aromatic N) is 3. The van der Waals surface area contributed by atoms with Gasteiger partial charge in [-0.05, 0) is 73.6 Å². The number of fused-ring (bicyclic) bond motifs is 1. The Morgan fingerprint density at radius 3 is 2.59 bits per heavy atom. The zero-order chi connectivity index (χ0) is 23.0. The molecule has 3 aromatic rings. The molecular weight excluding hydrogens is 417 g/mol. The van der Waals surface area contributed by atoms with Crippen LogP contribution < -0.4 is 5.73 Å². The van der Waals surface area contributed by atoms with Crippen molar-refractivity contribution in [1.29, 1.82) is 0 Å². The van der Waals surface area contributed by atoms with E-state index in [2.05, 4.69) is 16.9 Å². The first-order valence-corrected chi connectivity index (χ1v) is 10.6. The Labute approximate surface area is 184 Å². The van der Waals surface area contributed by atoms with Crippen LogP contribution in [-0.2, 0) is 12.7 Å². The van der Waals surface area contributed by atoms with E-state index in [1.54, 1.807) is 23.1 Å². The first-order chi connectivity index (χ1) is 15.1. The third-order valence-corrected chi connectivity index (χ3v) is 6.02. The second kappa shape index (κ2) is 8.41. The van der Waals surface area contributed by atoms with E-state index < -0.39 is 11.7 Å². The summed E-state index contributed by atoms with van der Waals surface area (Å²) in [5.74, 6) is 1.15. The van der Waals surface area contributed by atoms with Gasteiger partial charge in [0, 0.05) is 23.7 Å². The zero-order valence-electron chi connectivity index (χ0n) is 18.0. The van der Waals surface area contributed by atoms with Crippen LogP contribution in [0.2, 0.25) is 0 Å². The molecule has 0 bridgehead atoms. The van der Waals surface area contributed by atoms with Gasteiger partial charge in [-0.15, -0.1) is 0 Å². The molecule has 0 radical (unpaired) electrons. The summed E-state index contributed by atoms with van der Waals surface area (Å²) >= 11 is 0. The number of aromatic nitrogens is 2. The van der Waals surface area contributed by atoms with E-state index in [-0.39, 0.29) is 12.5 Å². The SMILES string of the molecule is Cc1cc2cc(C(=O)N(Cc3ccc(C(F)(F)F)cn3)CC(C)C3CC3)ccc2nc1N. The molecule has 1 atom stereocenters. The maximum atomic E-state index is 13.4. The third-order valence-electron chi connectivity index (χ3n) is 6.02. The molecule has 1 amide bonds. The number of alkyl halides is 3. The van der Waals surface area contributed by atoms with Crippen molar-refractivity contribution in [2.75, 3.05) is 12.3 Å². The molecule has 32 heavy (non-hydrogen) atoms. The molecule has 168 valence electrons. The summed E-state index contributed by atoms with van der Waals surface area (Å²) in [6.07, 6.45) is -1.34. The van der Waals surface area contributed by atoms with Crippen molar-refractivity contribution >= 4 is 22.6 Å². The third kappa shape index (κ3) is 4.84. The van der Waals surface area contributed by atoms with Gasteiger partial charge in [0.2, 0.25) is 0 Å². The highest BCUT2D eigenvalue weighted by molar-refractivity contribution is 5.98. The van der Waals surface area contributed by atoms with Crippen LogP contribution in [0, 0.1) is 18.8 Å². The minimum absolute atomic E-state index is 0.144. The normalized spacial score (nSPS) is 15.0.